The number of rotatable bonds is 5. The summed E-state index contributed by atoms with van der Waals surface area (Å²) in [5, 5.41) is 2.39. The summed E-state index contributed by atoms with van der Waals surface area (Å²) in [5.41, 5.74) is 15.9. The first-order valence-corrected chi connectivity index (χ1v) is 21.4. The van der Waals surface area contributed by atoms with Crippen molar-refractivity contribution in [2.45, 2.75) is 37.5 Å². The number of nitrogens with zero attached hydrogens (tertiary/aromatic N) is 3. The minimum absolute atomic E-state index is 0.0148. The molecule has 4 nitrogen and oxygen atoms in total. The second kappa shape index (κ2) is 12.7. The van der Waals surface area contributed by atoms with Crippen LogP contribution in [0.1, 0.15) is 43.2 Å². The molecule has 0 N–H and O–H groups in total. The summed E-state index contributed by atoms with van der Waals surface area (Å²) in [6, 6.07) is 59.1. The van der Waals surface area contributed by atoms with Crippen LogP contribution in [0.3, 0.4) is 0 Å². The molecule has 0 saturated heterocycles. The highest BCUT2D eigenvalue weighted by Gasteiger charge is 2.62. The largest absolute Gasteiger partial charge is 0.456 e. The van der Waals surface area contributed by atoms with E-state index in [1.54, 1.807) is 11.1 Å². The van der Waals surface area contributed by atoms with Gasteiger partial charge in [-0.3, -0.25) is 0 Å². The van der Waals surface area contributed by atoms with Crippen molar-refractivity contribution in [3.8, 4) is 67.5 Å². The van der Waals surface area contributed by atoms with Gasteiger partial charge in [0.1, 0.15) is 11.2 Å². The fourth-order valence-electron chi connectivity index (χ4n) is 12.4. The van der Waals surface area contributed by atoms with Crippen LogP contribution in [0, 0.1) is 23.7 Å². The molecule has 5 aliphatic rings. The van der Waals surface area contributed by atoms with Gasteiger partial charge in [-0.2, -0.15) is 0 Å². The standard InChI is InChI=1S/C55H41N3O/c1-3-11-36(12-4-1)52-56-53(37-13-5-2-6-14-37)58-54(57-52)38-23-21-35(22-24-38)43-17-9-18-45-44-26-25-39(42-16-10-20-49-50(42)46-15-7-8-19-48(46)59-49)32-47(44)55(51(43)45)40-28-33-27-34(30-40)31-41(55)29-33/h1-26,32-34,40-41H,27-31H2. The van der Waals surface area contributed by atoms with E-state index in [2.05, 4.69) is 127 Å². The van der Waals surface area contributed by atoms with Crippen molar-refractivity contribution in [3.63, 3.8) is 0 Å². The molecular weight excluding hydrogens is 719 g/mol. The number of aromatic nitrogens is 3. The van der Waals surface area contributed by atoms with Gasteiger partial charge in [-0.05, 0) is 118 Å². The minimum atomic E-state index is -0.0148. The summed E-state index contributed by atoms with van der Waals surface area (Å²) >= 11 is 0. The monoisotopic (exact) mass is 759 g/mol. The molecule has 282 valence electrons. The molecule has 7 aromatic carbocycles. The lowest BCUT2D eigenvalue weighted by atomic mass is 9.42. The Hall–Kier alpha value is -6.65. The van der Waals surface area contributed by atoms with Crippen molar-refractivity contribution in [1.82, 2.24) is 15.0 Å². The van der Waals surface area contributed by atoms with Crippen LogP contribution in [-0.4, -0.2) is 15.0 Å². The first kappa shape index (κ1) is 33.3. The zero-order valence-corrected chi connectivity index (χ0v) is 32.7. The Bertz CT molecular complexity index is 3020. The van der Waals surface area contributed by atoms with Crippen molar-refractivity contribution in [2.75, 3.05) is 0 Å². The number of para-hydroxylation sites is 1. The van der Waals surface area contributed by atoms with Crippen LogP contribution in [0.2, 0.25) is 0 Å². The molecule has 0 unspecified atom stereocenters. The number of furan rings is 1. The Balaban J connectivity index is 0.963. The second-order valence-corrected chi connectivity index (χ2v) is 17.6. The molecule has 4 fully saturated rings. The molecule has 4 heteroatoms. The van der Waals surface area contributed by atoms with Gasteiger partial charge in [0.15, 0.2) is 17.5 Å². The number of hydrogen-bond acceptors (Lipinski definition) is 4. The molecule has 4 saturated carbocycles. The van der Waals surface area contributed by atoms with Crippen LogP contribution in [0.4, 0.5) is 0 Å². The Labute approximate surface area is 343 Å². The third kappa shape index (κ3) is 4.93. The summed E-state index contributed by atoms with van der Waals surface area (Å²) in [5.74, 6) is 5.03. The van der Waals surface area contributed by atoms with E-state index in [-0.39, 0.29) is 5.41 Å². The molecule has 0 atom stereocenters. The van der Waals surface area contributed by atoms with Crippen LogP contribution >= 0.6 is 0 Å². The fraction of sp³-hybridized carbons (Fsp3) is 0.182. The summed E-state index contributed by atoms with van der Waals surface area (Å²) in [7, 11) is 0. The van der Waals surface area contributed by atoms with Gasteiger partial charge in [0, 0.05) is 32.9 Å². The van der Waals surface area contributed by atoms with E-state index in [0.29, 0.717) is 29.3 Å². The van der Waals surface area contributed by atoms with Gasteiger partial charge in [0.2, 0.25) is 0 Å². The number of fused-ring (bicyclic) bond motifs is 6. The van der Waals surface area contributed by atoms with E-state index in [1.807, 2.05) is 36.4 Å². The predicted molar refractivity (Wildman–Crippen MR) is 238 cm³/mol. The molecule has 14 rings (SSSR count). The Kier molecular flexibility index (Phi) is 7.16. The van der Waals surface area contributed by atoms with E-state index in [4.69, 9.17) is 19.4 Å². The van der Waals surface area contributed by atoms with Crippen molar-refractivity contribution < 1.29 is 4.42 Å². The van der Waals surface area contributed by atoms with E-state index in [0.717, 1.165) is 39.7 Å². The zero-order valence-electron chi connectivity index (χ0n) is 32.7. The van der Waals surface area contributed by atoms with Crippen LogP contribution < -0.4 is 0 Å². The molecule has 0 radical (unpaired) electrons. The summed E-state index contributed by atoms with van der Waals surface area (Å²) in [4.78, 5) is 15.0. The maximum Gasteiger partial charge on any atom is 0.164 e. The highest BCUT2D eigenvalue weighted by Crippen LogP contribution is 2.70. The van der Waals surface area contributed by atoms with Crippen molar-refractivity contribution in [2.24, 2.45) is 23.7 Å². The average Bonchev–Trinajstić information content (AvgIpc) is 3.82. The van der Waals surface area contributed by atoms with Crippen molar-refractivity contribution in [3.05, 3.63) is 175 Å². The van der Waals surface area contributed by atoms with Crippen LogP contribution in [0.15, 0.2) is 168 Å². The van der Waals surface area contributed by atoms with Gasteiger partial charge in [-0.15, -0.1) is 0 Å². The topological polar surface area (TPSA) is 51.8 Å². The normalized spacial score (nSPS) is 22.3. The molecule has 9 aromatic rings. The van der Waals surface area contributed by atoms with Gasteiger partial charge < -0.3 is 4.42 Å². The van der Waals surface area contributed by atoms with Gasteiger partial charge in [-0.25, -0.2) is 15.0 Å². The fourth-order valence-corrected chi connectivity index (χ4v) is 12.4. The maximum absolute atomic E-state index is 6.39. The number of hydrogen-bond donors (Lipinski definition) is 0. The lowest BCUT2D eigenvalue weighted by molar-refractivity contribution is -0.0397. The molecule has 2 aromatic heterocycles. The molecule has 5 aliphatic carbocycles. The molecule has 4 bridgehead atoms. The second-order valence-electron chi connectivity index (χ2n) is 17.6. The van der Waals surface area contributed by atoms with Crippen molar-refractivity contribution in [1.29, 1.82) is 0 Å². The molecule has 59 heavy (non-hydrogen) atoms. The quantitative estimate of drug-likeness (QED) is 0.175. The summed E-state index contributed by atoms with van der Waals surface area (Å²) < 4.78 is 6.39. The molecule has 2 heterocycles. The van der Waals surface area contributed by atoms with E-state index < -0.39 is 0 Å². The average molecular weight is 760 g/mol. The third-order valence-electron chi connectivity index (χ3n) is 14.5. The van der Waals surface area contributed by atoms with E-state index in [1.165, 1.54) is 76.3 Å². The number of benzene rings is 7. The Morgan fingerprint density at radius 1 is 0.407 bits per heavy atom. The van der Waals surface area contributed by atoms with Crippen LogP contribution in [0.25, 0.3) is 89.5 Å². The van der Waals surface area contributed by atoms with E-state index in [9.17, 15) is 0 Å². The predicted octanol–water partition coefficient (Wildman–Crippen LogP) is 13.8. The zero-order chi connectivity index (χ0) is 38.7. The minimum Gasteiger partial charge on any atom is -0.456 e. The Morgan fingerprint density at radius 3 is 1.61 bits per heavy atom. The van der Waals surface area contributed by atoms with Gasteiger partial charge in [0.05, 0.1) is 0 Å². The Morgan fingerprint density at radius 2 is 0.932 bits per heavy atom. The maximum atomic E-state index is 6.39. The lowest BCUT2D eigenvalue weighted by Gasteiger charge is -2.61. The van der Waals surface area contributed by atoms with Gasteiger partial charge in [-0.1, -0.05) is 146 Å². The summed E-state index contributed by atoms with van der Waals surface area (Å²) in [6.07, 6.45) is 6.75. The van der Waals surface area contributed by atoms with Gasteiger partial charge >= 0.3 is 0 Å². The highest BCUT2D eigenvalue weighted by atomic mass is 16.3. The first-order chi connectivity index (χ1) is 29.2. The molecular formula is C55H41N3O. The molecule has 0 aliphatic heterocycles. The first-order valence-electron chi connectivity index (χ1n) is 21.4. The van der Waals surface area contributed by atoms with Gasteiger partial charge in [0.25, 0.3) is 0 Å². The molecule has 1 spiro atoms. The molecule has 0 amide bonds. The lowest BCUT2D eigenvalue weighted by Crippen LogP contribution is -2.55. The summed E-state index contributed by atoms with van der Waals surface area (Å²) in [6.45, 7) is 0. The van der Waals surface area contributed by atoms with E-state index >= 15 is 0 Å². The smallest absolute Gasteiger partial charge is 0.164 e. The van der Waals surface area contributed by atoms with Crippen LogP contribution in [0.5, 0.6) is 0 Å². The van der Waals surface area contributed by atoms with Crippen LogP contribution in [-0.2, 0) is 5.41 Å². The highest BCUT2D eigenvalue weighted by molar-refractivity contribution is 6.12. The SMILES string of the molecule is c1ccc(-c2nc(-c3ccccc3)nc(-c3ccc(-c4cccc5c4C4(c6cc(-c7cccc8oc9ccccc9c78)ccc6-5)C5CC6CC(C5)CC4C6)cc3)n2)cc1. The van der Waals surface area contributed by atoms with Crippen molar-refractivity contribution >= 4 is 21.9 Å². The third-order valence-corrected chi connectivity index (χ3v) is 14.5.